The molecule has 0 bridgehead atoms. The summed E-state index contributed by atoms with van der Waals surface area (Å²) >= 11 is 0. The van der Waals surface area contributed by atoms with Crippen LogP contribution in [-0.2, 0) is 10.2 Å². The van der Waals surface area contributed by atoms with Gasteiger partial charge < -0.3 is 13.9 Å². The van der Waals surface area contributed by atoms with E-state index in [0.29, 0.717) is 48.6 Å². The van der Waals surface area contributed by atoms with Crippen molar-refractivity contribution in [2.45, 2.75) is 97.5 Å². The van der Waals surface area contributed by atoms with Crippen LogP contribution in [0, 0.1) is 5.41 Å². The Balaban J connectivity index is 1.94. The molecule has 1 heterocycles. The molecule has 0 saturated heterocycles. The van der Waals surface area contributed by atoms with E-state index in [1.54, 1.807) is 31.2 Å². The van der Waals surface area contributed by atoms with Gasteiger partial charge in [0, 0.05) is 11.1 Å². The van der Waals surface area contributed by atoms with Crippen LogP contribution in [0.2, 0.25) is 0 Å². The van der Waals surface area contributed by atoms with Crippen molar-refractivity contribution >= 4 is 0 Å². The Morgan fingerprint density at radius 3 is 1.51 bits per heavy atom. The van der Waals surface area contributed by atoms with Crippen LogP contribution in [0.4, 0.5) is 26.3 Å². The maximum atomic E-state index is 14.9. The first-order valence-electron chi connectivity index (χ1n) is 18.1. The minimum absolute atomic E-state index is 0.000636. The van der Waals surface area contributed by atoms with Gasteiger partial charge in [0.1, 0.15) is 22.9 Å². The topological polar surface area (TPSA) is 57.4 Å². The molecule has 0 amide bonds. The second kappa shape index (κ2) is 18.0. The molecule has 0 atom stereocenters. The highest BCUT2D eigenvalue weighted by molar-refractivity contribution is 5.59. The van der Waals surface area contributed by atoms with Gasteiger partial charge in [-0.1, -0.05) is 90.8 Å². The molecular formula is C44H50F6N2O3. The van der Waals surface area contributed by atoms with E-state index in [1.807, 2.05) is 26.0 Å². The number of aromatic nitrogens is 2. The van der Waals surface area contributed by atoms with E-state index in [0.717, 1.165) is 30.6 Å². The quantitative estimate of drug-likeness (QED) is 0.0733. The van der Waals surface area contributed by atoms with Crippen LogP contribution in [0.5, 0.6) is 5.75 Å². The zero-order chi connectivity index (χ0) is 41.2. The monoisotopic (exact) mass is 768 g/mol. The van der Waals surface area contributed by atoms with E-state index in [-0.39, 0.29) is 28.6 Å². The summed E-state index contributed by atoms with van der Waals surface area (Å²) in [4.78, 5) is 0. The molecule has 0 aliphatic rings. The molecule has 0 saturated carbocycles. The number of nitrogens with zero attached hydrogens (tertiary/aromatic N) is 2. The summed E-state index contributed by atoms with van der Waals surface area (Å²) < 4.78 is 107. The summed E-state index contributed by atoms with van der Waals surface area (Å²) in [5.74, 6) is 0.843. The number of rotatable bonds is 18. The standard InChI is InChI=1S/C44H50F6N2O3/c1-11-33(42(43(45,46)47,44(48,49)50)34(12-2)26-29-36(13-3)55-41(10,16-6)17-7)23-18-30(8)53-37-27-21-32(22-28-37)39-52-51-38(54-39)31-19-24-35(25-20-31)40(9,14-4)15-5/h11-13,18-29H,1-3,14-17H2,4-10H3/b30-18+,33-23+,34-26+,36-29+. The summed E-state index contributed by atoms with van der Waals surface area (Å²) in [5, 5.41) is 8.33. The molecule has 0 unspecified atom stereocenters. The molecule has 0 aliphatic carbocycles. The van der Waals surface area contributed by atoms with Crippen LogP contribution in [0.3, 0.4) is 0 Å². The van der Waals surface area contributed by atoms with Crippen molar-refractivity contribution in [2.75, 3.05) is 0 Å². The number of hydrogen-bond donors (Lipinski definition) is 0. The van der Waals surface area contributed by atoms with Gasteiger partial charge >= 0.3 is 12.4 Å². The molecule has 1 aromatic heterocycles. The average molecular weight is 769 g/mol. The van der Waals surface area contributed by atoms with Crippen molar-refractivity contribution in [2.24, 2.45) is 5.41 Å². The first-order valence-corrected chi connectivity index (χ1v) is 18.1. The minimum Gasteiger partial charge on any atom is -0.488 e. The SMILES string of the molecule is C=C/C(=C\C=C(/C=C)C(/C(C=C)=C/C=C(\C)Oc1ccc(-c2nnc(-c3ccc(C(C)(CC)CC)cc3)o2)cc1)(C(F)(F)F)C(F)(F)F)OC(C)(CC)CC. The van der Waals surface area contributed by atoms with Gasteiger partial charge in [0.25, 0.3) is 0 Å². The second-order valence-corrected chi connectivity index (χ2v) is 13.6. The molecule has 0 spiro atoms. The Bertz CT molecular complexity index is 1890. The number of ether oxygens (including phenoxy) is 2. The van der Waals surface area contributed by atoms with Gasteiger partial charge in [0.05, 0.1) is 0 Å². The Labute approximate surface area is 320 Å². The molecule has 3 aromatic rings. The largest absolute Gasteiger partial charge is 0.488 e. The van der Waals surface area contributed by atoms with Crippen molar-refractivity contribution in [3.05, 3.63) is 139 Å². The maximum Gasteiger partial charge on any atom is 0.411 e. The zero-order valence-electron chi connectivity index (χ0n) is 32.5. The van der Waals surface area contributed by atoms with Crippen LogP contribution in [-0.4, -0.2) is 28.2 Å². The van der Waals surface area contributed by atoms with E-state index < -0.39 is 34.5 Å². The van der Waals surface area contributed by atoms with Gasteiger partial charge in [-0.2, -0.15) is 26.3 Å². The number of alkyl halides is 6. The van der Waals surface area contributed by atoms with E-state index in [4.69, 9.17) is 13.9 Å². The lowest BCUT2D eigenvalue weighted by Crippen LogP contribution is -2.52. The fourth-order valence-electron chi connectivity index (χ4n) is 5.89. The fourth-order valence-corrected chi connectivity index (χ4v) is 5.89. The van der Waals surface area contributed by atoms with Crippen LogP contribution < -0.4 is 4.74 Å². The molecule has 55 heavy (non-hydrogen) atoms. The molecule has 2 aromatic carbocycles. The van der Waals surface area contributed by atoms with Gasteiger partial charge in [-0.25, -0.2) is 0 Å². The number of benzene rings is 2. The molecular weight excluding hydrogens is 718 g/mol. The third-order valence-electron chi connectivity index (χ3n) is 10.3. The summed E-state index contributed by atoms with van der Waals surface area (Å²) in [6, 6.07) is 14.4. The van der Waals surface area contributed by atoms with E-state index in [1.165, 1.54) is 18.6 Å². The average Bonchev–Trinajstić information content (AvgIpc) is 3.66. The molecule has 0 fully saturated rings. The third kappa shape index (κ3) is 9.79. The van der Waals surface area contributed by atoms with Crippen LogP contribution in [0.25, 0.3) is 22.9 Å². The molecule has 5 nitrogen and oxygen atoms in total. The second-order valence-electron chi connectivity index (χ2n) is 13.6. The lowest BCUT2D eigenvalue weighted by atomic mass is 9.71. The van der Waals surface area contributed by atoms with E-state index >= 15 is 0 Å². The smallest absolute Gasteiger partial charge is 0.411 e. The third-order valence-corrected chi connectivity index (χ3v) is 10.3. The van der Waals surface area contributed by atoms with Crippen LogP contribution in [0.1, 0.15) is 79.7 Å². The Kier molecular flexibility index (Phi) is 14.6. The van der Waals surface area contributed by atoms with Gasteiger partial charge in [-0.15, -0.1) is 10.2 Å². The van der Waals surface area contributed by atoms with Crippen molar-refractivity contribution in [3.8, 4) is 28.7 Å². The van der Waals surface area contributed by atoms with Gasteiger partial charge in [0.15, 0.2) is 0 Å². The van der Waals surface area contributed by atoms with Crippen molar-refractivity contribution in [1.82, 2.24) is 10.2 Å². The van der Waals surface area contributed by atoms with Crippen molar-refractivity contribution in [3.63, 3.8) is 0 Å². The number of hydrogen-bond acceptors (Lipinski definition) is 5. The van der Waals surface area contributed by atoms with Gasteiger partial charge in [0.2, 0.25) is 17.2 Å². The highest BCUT2D eigenvalue weighted by atomic mass is 19.4. The normalized spacial score (nSPS) is 14.1. The molecule has 3 rings (SSSR count). The highest BCUT2D eigenvalue weighted by Crippen LogP contribution is 2.60. The summed E-state index contributed by atoms with van der Waals surface area (Å²) in [6.07, 6.45) is -2.95. The first-order chi connectivity index (χ1) is 25.8. The number of halogens is 6. The summed E-state index contributed by atoms with van der Waals surface area (Å²) in [6.45, 7) is 23.7. The Morgan fingerprint density at radius 2 is 1.11 bits per heavy atom. The van der Waals surface area contributed by atoms with Crippen LogP contribution >= 0.6 is 0 Å². The predicted octanol–water partition coefficient (Wildman–Crippen LogP) is 13.8. The fraction of sp³-hybridized carbons (Fsp3) is 0.364. The Morgan fingerprint density at radius 1 is 0.655 bits per heavy atom. The molecule has 0 aliphatic heterocycles. The van der Waals surface area contributed by atoms with E-state index in [2.05, 4.69) is 62.8 Å². The minimum atomic E-state index is -5.86. The molecule has 0 N–H and O–H groups in total. The van der Waals surface area contributed by atoms with Crippen molar-refractivity contribution in [1.29, 1.82) is 0 Å². The molecule has 296 valence electrons. The summed E-state index contributed by atoms with van der Waals surface area (Å²) in [7, 11) is 0. The first kappa shape index (κ1) is 44.3. The van der Waals surface area contributed by atoms with Gasteiger partial charge in [-0.3, -0.25) is 0 Å². The van der Waals surface area contributed by atoms with E-state index in [9.17, 15) is 26.3 Å². The Hall–Kier alpha value is -5.06. The lowest BCUT2D eigenvalue weighted by Gasteiger charge is -2.39. The highest BCUT2D eigenvalue weighted by Gasteiger charge is 2.73. The number of allylic oxidation sites excluding steroid dienone is 10. The summed E-state index contributed by atoms with van der Waals surface area (Å²) in [5.41, 5.74) is -4.96. The van der Waals surface area contributed by atoms with Gasteiger partial charge in [-0.05, 0) is 116 Å². The molecule has 0 radical (unpaired) electrons. The maximum absolute atomic E-state index is 14.9. The zero-order valence-corrected chi connectivity index (χ0v) is 32.5. The lowest BCUT2D eigenvalue weighted by molar-refractivity contribution is -0.308. The van der Waals surface area contributed by atoms with Crippen molar-refractivity contribution < 1.29 is 40.2 Å². The van der Waals surface area contributed by atoms with Crippen LogP contribution in [0.15, 0.2) is 138 Å². The molecule has 11 heteroatoms. The predicted molar refractivity (Wildman–Crippen MR) is 207 cm³/mol.